The number of alkyl halides is 2. The van der Waals surface area contributed by atoms with Crippen molar-refractivity contribution in [1.29, 1.82) is 0 Å². The predicted molar refractivity (Wildman–Crippen MR) is 153 cm³/mol. The van der Waals surface area contributed by atoms with Crippen LogP contribution in [-0.2, 0) is 0 Å². The molecule has 1 aliphatic heterocycles. The van der Waals surface area contributed by atoms with E-state index in [2.05, 4.69) is 34.7 Å². The molecule has 0 radical (unpaired) electrons. The number of oxazole rings is 1. The fourth-order valence-corrected chi connectivity index (χ4v) is 5.74. The highest BCUT2D eigenvalue weighted by molar-refractivity contribution is 7.03. The van der Waals surface area contributed by atoms with Crippen molar-refractivity contribution < 1.29 is 18.0 Å². The molecule has 1 amide bonds. The van der Waals surface area contributed by atoms with Crippen LogP contribution in [0.2, 0.25) is 0 Å². The second kappa shape index (κ2) is 11.4. The molecule has 4 aromatic heterocycles. The Labute approximate surface area is 247 Å². The molecular formula is C29H23F2N9O2S. The highest BCUT2D eigenvalue weighted by Crippen LogP contribution is 2.30. The first kappa shape index (κ1) is 26.9. The number of rotatable bonds is 7. The van der Waals surface area contributed by atoms with Gasteiger partial charge >= 0.3 is 6.55 Å². The molecule has 1 saturated heterocycles. The van der Waals surface area contributed by atoms with Crippen LogP contribution in [0.15, 0.2) is 82.9 Å². The van der Waals surface area contributed by atoms with E-state index in [0.717, 1.165) is 16.7 Å². The van der Waals surface area contributed by atoms with Gasteiger partial charge < -0.3 is 9.32 Å². The smallest absolute Gasteiger partial charge is 0.350 e. The number of aromatic nitrogens is 7. The minimum Gasteiger partial charge on any atom is -0.436 e. The molecule has 0 bridgehead atoms. The van der Waals surface area contributed by atoms with E-state index in [-0.39, 0.29) is 17.4 Å². The SMILES string of the molecule is O=C(c1cc(-c2nc3cc(-c4cnsc4)ccc3o2)ccn1)N1CCN([C@H](c2ccccc2)c2nnn(C(F)F)n2)CC1. The van der Waals surface area contributed by atoms with Gasteiger partial charge in [-0.25, -0.2) is 9.36 Å². The van der Waals surface area contributed by atoms with Crippen molar-refractivity contribution in [3.63, 3.8) is 0 Å². The molecule has 0 aliphatic carbocycles. The molecule has 43 heavy (non-hydrogen) atoms. The van der Waals surface area contributed by atoms with Crippen LogP contribution in [-0.4, -0.2) is 76.4 Å². The van der Waals surface area contributed by atoms with Gasteiger partial charge in [0.15, 0.2) is 11.4 Å². The maximum atomic E-state index is 13.5. The lowest BCUT2D eigenvalue weighted by atomic mass is 10.0. The average molecular weight is 600 g/mol. The quantitative estimate of drug-likeness (QED) is 0.251. The van der Waals surface area contributed by atoms with E-state index < -0.39 is 12.6 Å². The first-order valence-corrected chi connectivity index (χ1v) is 14.3. The number of amides is 1. The maximum Gasteiger partial charge on any atom is 0.350 e. The van der Waals surface area contributed by atoms with E-state index in [0.29, 0.717) is 53.5 Å². The minimum atomic E-state index is -2.88. The van der Waals surface area contributed by atoms with Gasteiger partial charge in [-0.15, -0.1) is 10.2 Å². The maximum absolute atomic E-state index is 13.5. The van der Waals surface area contributed by atoms with E-state index in [1.807, 2.05) is 60.1 Å². The number of nitrogens with zero attached hydrogens (tertiary/aromatic N) is 9. The zero-order chi connectivity index (χ0) is 29.3. The molecule has 0 spiro atoms. The van der Waals surface area contributed by atoms with E-state index in [9.17, 15) is 13.6 Å². The Kier molecular flexibility index (Phi) is 7.12. The minimum absolute atomic E-state index is 0.179. The van der Waals surface area contributed by atoms with E-state index in [1.54, 1.807) is 23.2 Å². The molecule has 1 atom stereocenters. The van der Waals surface area contributed by atoms with Crippen molar-refractivity contribution in [3.05, 3.63) is 95.5 Å². The molecule has 1 aliphatic rings. The molecular weight excluding hydrogens is 576 g/mol. The lowest BCUT2D eigenvalue weighted by Crippen LogP contribution is -2.50. The largest absolute Gasteiger partial charge is 0.436 e. The summed E-state index contributed by atoms with van der Waals surface area (Å²) in [4.78, 5) is 26.6. The summed E-state index contributed by atoms with van der Waals surface area (Å²) in [6.45, 7) is -1.13. The summed E-state index contributed by atoms with van der Waals surface area (Å²) >= 11 is 1.39. The van der Waals surface area contributed by atoms with Crippen molar-refractivity contribution in [2.45, 2.75) is 12.6 Å². The van der Waals surface area contributed by atoms with E-state index >= 15 is 0 Å². The van der Waals surface area contributed by atoms with Crippen molar-refractivity contribution in [2.75, 3.05) is 26.2 Å². The van der Waals surface area contributed by atoms with Crippen LogP contribution in [0.25, 0.3) is 33.7 Å². The van der Waals surface area contributed by atoms with Gasteiger partial charge in [0.1, 0.15) is 11.2 Å². The fraction of sp³-hybridized carbons (Fsp3) is 0.207. The van der Waals surface area contributed by atoms with Crippen molar-refractivity contribution in [2.24, 2.45) is 0 Å². The highest BCUT2D eigenvalue weighted by atomic mass is 32.1. The normalized spacial score (nSPS) is 14.9. The third kappa shape index (κ3) is 5.37. The summed E-state index contributed by atoms with van der Waals surface area (Å²) in [7, 11) is 0. The van der Waals surface area contributed by atoms with Crippen LogP contribution >= 0.6 is 11.5 Å². The van der Waals surface area contributed by atoms with Crippen LogP contribution < -0.4 is 0 Å². The van der Waals surface area contributed by atoms with Crippen LogP contribution in [0.1, 0.15) is 34.5 Å². The molecule has 7 rings (SSSR count). The third-order valence-electron chi connectivity index (χ3n) is 7.32. The van der Waals surface area contributed by atoms with Gasteiger partial charge in [0, 0.05) is 55.1 Å². The Balaban J connectivity index is 1.08. The van der Waals surface area contributed by atoms with Crippen LogP contribution in [0, 0.1) is 0 Å². The number of tetrazole rings is 1. The van der Waals surface area contributed by atoms with Crippen molar-refractivity contribution in [3.8, 4) is 22.6 Å². The van der Waals surface area contributed by atoms with Crippen LogP contribution in [0.4, 0.5) is 8.78 Å². The van der Waals surface area contributed by atoms with Gasteiger partial charge in [0.05, 0.1) is 6.04 Å². The standard InChI is InChI=1S/C29H23F2N9O2S/c30-29(31)40-36-26(35-37-40)25(18-4-2-1-3-5-18)38-10-12-39(13-11-38)28(41)23-15-20(8-9-32-23)27-34-22-14-19(6-7-24(22)42-27)21-16-33-43-17-21/h1-9,14-17,25,29H,10-13H2/t25-/m1/s1. The summed E-state index contributed by atoms with van der Waals surface area (Å²) in [6, 6.07) is 18.1. The number of carbonyl (C=O) groups is 1. The molecule has 2 aromatic carbocycles. The molecule has 0 saturated carbocycles. The number of halogens is 2. The Morgan fingerprint density at radius 1 is 0.953 bits per heavy atom. The topological polar surface area (TPSA) is 119 Å². The second-order valence-corrected chi connectivity index (χ2v) is 10.6. The summed E-state index contributed by atoms with van der Waals surface area (Å²) in [6.07, 6.45) is 3.38. The van der Waals surface area contributed by atoms with Gasteiger partial charge in [-0.3, -0.25) is 14.7 Å². The van der Waals surface area contributed by atoms with Crippen LogP contribution in [0.3, 0.4) is 0 Å². The molecule has 0 N–H and O–H groups in total. The summed E-state index contributed by atoms with van der Waals surface area (Å²) in [5, 5.41) is 13.3. The zero-order valence-corrected chi connectivity index (χ0v) is 23.3. The van der Waals surface area contributed by atoms with Gasteiger partial charge in [0.25, 0.3) is 5.91 Å². The number of benzene rings is 2. The first-order valence-electron chi connectivity index (χ1n) is 13.5. The predicted octanol–water partition coefficient (Wildman–Crippen LogP) is 4.94. The number of piperazine rings is 1. The van der Waals surface area contributed by atoms with Crippen molar-refractivity contribution in [1.82, 2.24) is 44.3 Å². The monoisotopic (exact) mass is 599 g/mol. The van der Waals surface area contributed by atoms with Gasteiger partial charge in [-0.2, -0.15) is 8.78 Å². The van der Waals surface area contributed by atoms with Crippen LogP contribution in [0.5, 0.6) is 0 Å². The van der Waals surface area contributed by atoms with Gasteiger partial charge in [-0.1, -0.05) is 41.2 Å². The molecule has 216 valence electrons. The number of hydrogen-bond donors (Lipinski definition) is 0. The molecule has 6 aromatic rings. The number of fused-ring (bicyclic) bond motifs is 1. The first-order chi connectivity index (χ1) is 21.0. The second-order valence-electron chi connectivity index (χ2n) is 9.93. The molecule has 1 fully saturated rings. The fourth-order valence-electron chi connectivity index (χ4n) is 5.19. The molecule has 11 nitrogen and oxygen atoms in total. The van der Waals surface area contributed by atoms with E-state index in [1.165, 1.54) is 11.5 Å². The Morgan fingerprint density at radius 3 is 2.53 bits per heavy atom. The Bertz CT molecular complexity index is 1870. The summed E-state index contributed by atoms with van der Waals surface area (Å²) in [5.41, 5.74) is 5.12. The molecule has 5 heterocycles. The Hall–Kier alpha value is -4.95. The van der Waals surface area contributed by atoms with Gasteiger partial charge in [-0.05, 0) is 52.1 Å². The Morgan fingerprint density at radius 2 is 1.79 bits per heavy atom. The summed E-state index contributed by atoms with van der Waals surface area (Å²) in [5.74, 6) is 0.355. The lowest BCUT2D eigenvalue weighted by molar-refractivity contribution is 0.0385. The number of pyridine rings is 1. The summed E-state index contributed by atoms with van der Waals surface area (Å²) < 4.78 is 36.5. The van der Waals surface area contributed by atoms with Gasteiger partial charge in [0.2, 0.25) is 5.89 Å². The highest BCUT2D eigenvalue weighted by Gasteiger charge is 2.32. The van der Waals surface area contributed by atoms with E-state index in [4.69, 9.17) is 4.42 Å². The molecule has 14 heteroatoms. The number of hydrogen-bond acceptors (Lipinski definition) is 10. The number of carbonyl (C=O) groups excluding carboxylic acids is 1. The molecule has 0 unspecified atom stereocenters. The lowest BCUT2D eigenvalue weighted by Gasteiger charge is -2.38. The average Bonchev–Trinajstić information content (AvgIpc) is 3.83. The zero-order valence-electron chi connectivity index (χ0n) is 22.5. The van der Waals surface area contributed by atoms with Crippen molar-refractivity contribution >= 4 is 28.5 Å². The third-order valence-corrected chi connectivity index (χ3v) is 7.91.